The van der Waals surface area contributed by atoms with Gasteiger partial charge < -0.3 is 4.90 Å². The SMILES string of the molecule is CCCCC1CCN(C(=O)C2CC2)CC1. The summed E-state index contributed by atoms with van der Waals surface area (Å²) in [4.78, 5) is 13.9. The maximum absolute atomic E-state index is 11.8. The Labute approximate surface area is 93.0 Å². The van der Waals surface area contributed by atoms with E-state index in [0.29, 0.717) is 11.8 Å². The number of rotatable bonds is 4. The van der Waals surface area contributed by atoms with E-state index in [1.807, 2.05) is 0 Å². The second-order valence-electron chi connectivity index (χ2n) is 5.19. The maximum atomic E-state index is 11.8. The van der Waals surface area contributed by atoms with Crippen LogP contribution < -0.4 is 0 Å². The molecule has 0 aromatic rings. The number of hydrogen-bond acceptors (Lipinski definition) is 1. The minimum absolute atomic E-state index is 0.414. The second-order valence-corrected chi connectivity index (χ2v) is 5.19. The summed E-state index contributed by atoms with van der Waals surface area (Å²) in [7, 11) is 0. The lowest BCUT2D eigenvalue weighted by molar-refractivity contribution is -0.133. The van der Waals surface area contributed by atoms with E-state index in [9.17, 15) is 4.79 Å². The van der Waals surface area contributed by atoms with Gasteiger partial charge in [0.05, 0.1) is 0 Å². The number of carbonyl (C=O) groups excluding carboxylic acids is 1. The molecule has 1 saturated carbocycles. The summed E-state index contributed by atoms with van der Waals surface area (Å²) in [6.07, 6.45) is 8.84. The molecule has 1 amide bonds. The van der Waals surface area contributed by atoms with Gasteiger partial charge in [0.1, 0.15) is 0 Å². The quantitative estimate of drug-likeness (QED) is 0.697. The van der Waals surface area contributed by atoms with E-state index in [1.54, 1.807) is 0 Å². The lowest BCUT2D eigenvalue weighted by Crippen LogP contribution is -2.39. The van der Waals surface area contributed by atoms with Gasteiger partial charge >= 0.3 is 0 Å². The number of amides is 1. The molecule has 0 N–H and O–H groups in total. The molecule has 2 fully saturated rings. The lowest BCUT2D eigenvalue weighted by atomic mass is 9.91. The molecule has 0 aromatic carbocycles. The highest BCUT2D eigenvalue weighted by Gasteiger charge is 2.34. The van der Waals surface area contributed by atoms with Crippen molar-refractivity contribution >= 4 is 5.91 Å². The molecular formula is C13H23NO. The zero-order chi connectivity index (χ0) is 10.7. The Hall–Kier alpha value is -0.530. The van der Waals surface area contributed by atoms with Crippen LogP contribution in [0.2, 0.25) is 0 Å². The van der Waals surface area contributed by atoms with Crippen LogP contribution >= 0.6 is 0 Å². The van der Waals surface area contributed by atoms with Crippen LogP contribution in [0.25, 0.3) is 0 Å². The van der Waals surface area contributed by atoms with E-state index < -0.39 is 0 Å². The Morgan fingerprint density at radius 3 is 2.40 bits per heavy atom. The third-order valence-corrected chi connectivity index (χ3v) is 3.82. The van der Waals surface area contributed by atoms with Gasteiger partial charge in [-0.1, -0.05) is 26.2 Å². The molecule has 0 bridgehead atoms. The number of carbonyl (C=O) groups is 1. The van der Waals surface area contributed by atoms with Crippen LogP contribution in [0.1, 0.15) is 51.9 Å². The van der Waals surface area contributed by atoms with Crippen LogP contribution in [0.4, 0.5) is 0 Å². The molecule has 2 aliphatic rings. The molecular weight excluding hydrogens is 186 g/mol. The van der Waals surface area contributed by atoms with Crippen molar-refractivity contribution in [3.63, 3.8) is 0 Å². The van der Waals surface area contributed by atoms with Gasteiger partial charge in [-0.15, -0.1) is 0 Å². The molecule has 0 aromatic heterocycles. The number of hydrogen-bond donors (Lipinski definition) is 0. The van der Waals surface area contributed by atoms with Gasteiger partial charge in [-0.25, -0.2) is 0 Å². The highest BCUT2D eigenvalue weighted by Crippen LogP contribution is 2.33. The molecule has 1 heterocycles. The molecule has 0 unspecified atom stereocenters. The summed E-state index contributed by atoms with van der Waals surface area (Å²) in [6.45, 7) is 4.32. The number of piperidine rings is 1. The van der Waals surface area contributed by atoms with E-state index in [4.69, 9.17) is 0 Å². The molecule has 1 aliphatic heterocycles. The summed E-state index contributed by atoms with van der Waals surface area (Å²) in [5, 5.41) is 0. The summed E-state index contributed by atoms with van der Waals surface area (Å²) in [5.41, 5.74) is 0. The van der Waals surface area contributed by atoms with E-state index in [1.165, 1.54) is 32.1 Å². The molecule has 86 valence electrons. The molecule has 1 aliphatic carbocycles. The fraction of sp³-hybridized carbons (Fsp3) is 0.923. The Bertz CT molecular complexity index is 215. The highest BCUT2D eigenvalue weighted by atomic mass is 16.2. The number of likely N-dealkylation sites (tertiary alicyclic amines) is 1. The second kappa shape index (κ2) is 5.00. The molecule has 15 heavy (non-hydrogen) atoms. The first kappa shape index (κ1) is 11.0. The maximum Gasteiger partial charge on any atom is 0.225 e. The van der Waals surface area contributed by atoms with Crippen molar-refractivity contribution in [1.82, 2.24) is 4.90 Å². The smallest absolute Gasteiger partial charge is 0.225 e. The summed E-state index contributed by atoms with van der Waals surface area (Å²) >= 11 is 0. The summed E-state index contributed by atoms with van der Waals surface area (Å²) in [6, 6.07) is 0. The first-order valence-corrected chi connectivity index (χ1v) is 6.60. The van der Waals surface area contributed by atoms with E-state index in [0.717, 1.165) is 31.8 Å². The Balaban J connectivity index is 1.69. The normalized spacial score (nSPS) is 23.1. The largest absolute Gasteiger partial charge is 0.342 e. The molecule has 1 saturated heterocycles. The Morgan fingerprint density at radius 1 is 1.20 bits per heavy atom. The van der Waals surface area contributed by atoms with Crippen molar-refractivity contribution in [2.45, 2.75) is 51.9 Å². The van der Waals surface area contributed by atoms with Crippen molar-refractivity contribution in [3.05, 3.63) is 0 Å². The molecule has 0 atom stereocenters. The van der Waals surface area contributed by atoms with Gasteiger partial charge in [-0.3, -0.25) is 4.79 Å². The van der Waals surface area contributed by atoms with Crippen LogP contribution in [-0.2, 0) is 4.79 Å². The summed E-state index contributed by atoms with van der Waals surface area (Å²) in [5.74, 6) is 1.76. The third-order valence-electron chi connectivity index (χ3n) is 3.82. The van der Waals surface area contributed by atoms with E-state index in [-0.39, 0.29) is 0 Å². The topological polar surface area (TPSA) is 20.3 Å². The van der Waals surface area contributed by atoms with Crippen molar-refractivity contribution in [3.8, 4) is 0 Å². The first-order chi connectivity index (χ1) is 7.31. The minimum Gasteiger partial charge on any atom is -0.342 e. The Morgan fingerprint density at radius 2 is 1.87 bits per heavy atom. The molecule has 2 nitrogen and oxygen atoms in total. The highest BCUT2D eigenvalue weighted by molar-refractivity contribution is 5.81. The standard InChI is InChI=1S/C13H23NO/c1-2-3-4-11-7-9-14(10-8-11)13(15)12-5-6-12/h11-12H,2-10H2,1H3. The fourth-order valence-corrected chi connectivity index (χ4v) is 2.52. The zero-order valence-corrected chi connectivity index (χ0v) is 9.87. The van der Waals surface area contributed by atoms with Gasteiger partial charge in [0, 0.05) is 19.0 Å². The van der Waals surface area contributed by atoms with Crippen molar-refractivity contribution in [2.75, 3.05) is 13.1 Å². The van der Waals surface area contributed by atoms with Gasteiger partial charge in [-0.05, 0) is 31.6 Å². The number of unbranched alkanes of at least 4 members (excludes halogenated alkanes) is 1. The van der Waals surface area contributed by atoms with E-state index in [2.05, 4.69) is 11.8 Å². The van der Waals surface area contributed by atoms with Gasteiger partial charge in [0.15, 0.2) is 0 Å². The third kappa shape index (κ3) is 2.96. The predicted octanol–water partition coefficient (Wildman–Crippen LogP) is 2.83. The number of nitrogens with zero attached hydrogens (tertiary/aromatic N) is 1. The average Bonchev–Trinajstić information content (AvgIpc) is 3.10. The first-order valence-electron chi connectivity index (χ1n) is 6.60. The van der Waals surface area contributed by atoms with Crippen molar-refractivity contribution in [2.24, 2.45) is 11.8 Å². The molecule has 0 spiro atoms. The molecule has 2 rings (SSSR count). The zero-order valence-electron chi connectivity index (χ0n) is 9.87. The van der Waals surface area contributed by atoms with Crippen LogP contribution in [-0.4, -0.2) is 23.9 Å². The van der Waals surface area contributed by atoms with Crippen LogP contribution in [0, 0.1) is 11.8 Å². The van der Waals surface area contributed by atoms with Crippen LogP contribution in [0.15, 0.2) is 0 Å². The predicted molar refractivity (Wildman–Crippen MR) is 61.6 cm³/mol. The van der Waals surface area contributed by atoms with Crippen molar-refractivity contribution < 1.29 is 4.79 Å². The van der Waals surface area contributed by atoms with Crippen molar-refractivity contribution in [1.29, 1.82) is 0 Å². The summed E-state index contributed by atoms with van der Waals surface area (Å²) < 4.78 is 0. The lowest BCUT2D eigenvalue weighted by Gasteiger charge is -2.32. The molecule has 0 radical (unpaired) electrons. The van der Waals surface area contributed by atoms with Crippen LogP contribution in [0.5, 0.6) is 0 Å². The fourth-order valence-electron chi connectivity index (χ4n) is 2.52. The van der Waals surface area contributed by atoms with Gasteiger partial charge in [0.25, 0.3) is 0 Å². The minimum atomic E-state index is 0.414. The van der Waals surface area contributed by atoms with Gasteiger partial charge in [0.2, 0.25) is 5.91 Å². The monoisotopic (exact) mass is 209 g/mol. The van der Waals surface area contributed by atoms with Crippen LogP contribution in [0.3, 0.4) is 0 Å². The Kier molecular flexibility index (Phi) is 3.66. The average molecular weight is 209 g/mol. The van der Waals surface area contributed by atoms with E-state index >= 15 is 0 Å². The van der Waals surface area contributed by atoms with Gasteiger partial charge in [-0.2, -0.15) is 0 Å². The molecule has 2 heteroatoms.